The maximum absolute atomic E-state index is 12.7. The molecule has 1 saturated heterocycles. The number of hydrogen-bond donors (Lipinski definition) is 1. The van der Waals surface area contributed by atoms with Gasteiger partial charge in [0.15, 0.2) is 17.3 Å². The van der Waals surface area contributed by atoms with Crippen molar-refractivity contribution in [1.82, 2.24) is 5.32 Å². The highest BCUT2D eigenvalue weighted by atomic mass is 16.7. The molecule has 2 heterocycles. The molecule has 2 aromatic carbocycles. The van der Waals surface area contributed by atoms with E-state index in [-0.39, 0.29) is 25.0 Å². The van der Waals surface area contributed by atoms with Crippen LogP contribution in [-0.2, 0) is 9.53 Å². The zero-order valence-corrected chi connectivity index (χ0v) is 18.3. The van der Waals surface area contributed by atoms with Gasteiger partial charge in [-0.05, 0) is 59.9 Å². The van der Waals surface area contributed by atoms with Crippen LogP contribution < -0.4 is 19.7 Å². The predicted molar refractivity (Wildman–Crippen MR) is 121 cm³/mol. The number of allylic oxidation sites excluding steroid dienone is 1. The minimum absolute atomic E-state index is 0.0955. The number of ether oxygens (including phenoxy) is 3. The number of carbonyl (C=O) groups excluding carboxylic acids is 3. The molecule has 0 aromatic heterocycles. The summed E-state index contributed by atoms with van der Waals surface area (Å²) in [6, 6.07) is 11.2. The van der Waals surface area contributed by atoms with E-state index in [1.54, 1.807) is 17.0 Å². The molecule has 8 nitrogen and oxygen atoms in total. The minimum atomic E-state index is -0.466. The van der Waals surface area contributed by atoms with Crippen molar-refractivity contribution in [3.63, 3.8) is 0 Å². The van der Waals surface area contributed by atoms with Gasteiger partial charge in [0.2, 0.25) is 12.7 Å². The van der Waals surface area contributed by atoms with E-state index in [0.29, 0.717) is 30.0 Å². The third kappa shape index (κ3) is 4.28. The number of amides is 2. The van der Waals surface area contributed by atoms with Gasteiger partial charge in [-0.3, -0.25) is 14.5 Å². The number of hydrogen-bond acceptors (Lipinski definition) is 6. The minimum Gasteiger partial charge on any atom is -0.454 e. The van der Waals surface area contributed by atoms with E-state index >= 15 is 0 Å². The molecule has 8 heteroatoms. The molecule has 1 N–H and O–H groups in total. The van der Waals surface area contributed by atoms with Crippen molar-refractivity contribution in [2.75, 3.05) is 24.8 Å². The van der Waals surface area contributed by atoms with Crippen LogP contribution in [0.4, 0.5) is 10.5 Å². The number of cyclic esters (lactones) is 1. The number of nitrogens with zero attached hydrogens (tertiary/aromatic N) is 1. The summed E-state index contributed by atoms with van der Waals surface area (Å²) in [7, 11) is 0. The second-order valence-corrected chi connectivity index (χ2v) is 8.34. The van der Waals surface area contributed by atoms with Crippen LogP contribution in [0.15, 0.2) is 36.4 Å². The van der Waals surface area contributed by atoms with Gasteiger partial charge in [-0.1, -0.05) is 12.1 Å². The quantitative estimate of drug-likeness (QED) is 0.716. The molecule has 0 spiro atoms. The average molecular weight is 448 g/mol. The molecule has 2 amide bonds. The molecule has 0 bridgehead atoms. The highest BCUT2D eigenvalue weighted by molar-refractivity contribution is 6.04. The van der Waals surface area contributed by atoms with Gasteiger partial charge in [0.05, 0.1) is 13.1 Å². The fourth-order valence-electron chi connectivity index (χ4n) is 4.37. The number of benzene rings is 2. The molecule has 1 atom stereocenters. The summed E-state index contributed by atoms with van der Waals surface area (Å²) in [6.07, 6.45) is 3.15. The van der Waals surface area contributed by atoms with E-state index in [1.165, 1.54) is 6.92 Å². The van der Waals surface area contributed by atoms with Gasteiger partial charge >= 0.3 is 6.09 Å². The second kappa shape index (κ2) is 8.61. The Kier molecular flexibility index (Phi) is 5.50. The lowest BCUT2D eigenvalue weighted by molar-refractivity contribution is -0.119. The number of carbonyl (C=O) groups is 3. The normalized spacial score (nSPS) is 20.5. The fraction of sp³-hybridized carbons (Fsp3) is 0.320. The zero-order valence-electron chi connectivity index (χ0n) is 18.3. The third-order valence-corrected chi connectivity index (χ3v) is 6.00. The van der Waals surface area contributed by atoms with Gasteiger partial charge in [-0.15, -0.1) is 0 Å². The first kappa shape index (κ1) is 21.1. The van der Waals surface area contributed by atoms with Crippen molar-refractivity contribution in [2.24, 2.45) is 0 Å². The number of Topliss-reactive ketones (excluding diaryl/α,β-unsaturated/α-hetero) is 1. The van der Waals surface area contributed by atoms with Crippen molar-refractivity contribution in [1.29, 1.82) is 0 Å². The molecular formula is C25H24N2O6. The first-order valence-electron chi connectivity index (χ1n) is 11.0. The van der Waals surface area contributed by atoms with Gasteiger partial charge in [0, 0.05) is 24.6 Å². The van der Waals surface area contributed by atoms with Crippen LogP contribution in [0.25, 0.3) is 11.6 Å². The fourth-order valence-corrected chi connectivity index (χ4v) is 4.37. The lowest BCUT2D eigenvalue weighted by Crippen LogP contribution is -2.33. The summed E-state index contributed by atoms with van der Waals surface area (Å²) in [5.41, 5.74) is 4.13. The molecule has 1 aliphatic carbocycles. The van der Waals surface area contributed by atoms with Crippen LogP contribution >= 0.6 is 0 Å². The Morgan fingerprint density at radius 1 is 1.09 bits per heavy atom. The smallest absolute Gasteiger partial charge is 0.414 e. The standard InChI is InChI=1S/C25H24N2O6/c1-15(28)26-12-19-13-27(25(30)33-19)18-6-7-20-21(11-18)17(3-2-4-22(20)29)9-16-5-8-23-24(10-16)32-14-31-23/h5-11,19H,2-4,12-14H2,1H3,(H,26,28)/t19-/m0/s1. The monoisotopic (exact) mass is 448 g/mol. The summed E-state index contributed by atoms with van der Waals surface area (Å²) in [5, 5.41) is 2.68. The summed E-state index contributed by atoms with van der Waals surface area (Å²) < 4.78 is 16.3. The highest BCUT2D eigenvalue weighted by Crippen LogP contribution is 2.37. The molecule has 1 fully saturated rings. The molecule has 5 rings (SSSR count). The first-order chi connectivity index (χ1) is 16.0. The van der Waals surface area contributed by atoms with Crippen LogP contribution in [-0.4, -0.2) is 43.8 Å². The van der Waals surface area contributed by atoms with Crippen molar-refractivity contribution in [2.45, 2.75) is 32.3 Å². The Balaban J connectivity index is 1.47. The molecule has 33 heavy (non-hydrogen) atoms. The Hall–Kier alpha value is -3.81. The first-order valence-corrected chi connectivity index (χ1v) is 11.0. The largest absolute Gasteiger partial charge is 0.454 e. The molecule has 2 aliphatic heterocycles. The van der Waals surface area contributed by atoms with E-state index in [4.69, 9.17) is 14.2 Å². The van der Waals surface area contributed by atoms with Gasteiger partial charge in [0.1, 0.15) is 6.10 Å². The Bertz CT molecular complexity index is 1170. The topological polar surface area (TPSA) is 94.2 Å². The maximum Gasteiger partial charge on any atom is 0.414 e. The average Bonchev–Trinajstić information content (AvgIpc) is 3.38. The number of fused-ring (bicyclic) bond motifs is 2. The molecule has 170 valence electrons. The molecule has 0 radical (unpaired) electrons. The number of rotatable bonds is 4. The molecule has 0 unspecified atom stereocenters. The summed E-state index contributed by atoms with van der Waals surface area (Å²) in [5.74, 6) is 1.34. The van der Waals surface area contributed by atoms with E-state index in [9.17, 15) is 14.4 Å². The van der Waals surface area contributed by atoms with Gasteiger partial charge < -0.3 is 19.5 Å². The van der Waals surface area contributed by atoms with Crippen LogP contribution in [0.3, 0.4) is 0 Å². The van der Waals surface area contributed by atoms with E-state index in [2.05, 4.69) is 11.4 Å². The van der Waals surface area contributed by atoms with Crippen molar-refractivity contribution >= 4 is 35.1 Å². The van der Waals surface area contributed by atoms with Crippen LogP contribution in [0, 0.1) is 0 Å². The zero-order chi connectivity index (χ0) is 22.9. The van der Waals surface area contributed by atoms with Crippen LogP contribution in [0.2, 0.25) is 0 Å². The SMILES string of the molecule is CC(=O)NC[C@H]1CN(c2ccc3c(c2)C(=Cc2ccc4c(c2)OCO4)CCCC3=O)C(=O)O1. The van der Waals surface area contributed by atoms with Gasteiger partial charge in [-0.25, -0.2) is 4.79 Å². The molecule has 2 aromatic rings. The lowest BCUT2D eigenvalue weighted by atomic mass is 9.95. The second-order valence-electron chi connectivity index (χ2n) is 8.34. The maximum atomic E-state index is 12.7. The Morgan fingerprint density at radius 3 is 2.79 bits per heavy atom. The van der Waals surface area contributed by atoms with Crippen LogP contribution in [0.1, 0.15) is 47.7 Å². The highest BCUT2D eigenvalue weighted by Gasteiger charge is 2.33. The predicted octanol–water partition coefficient (Wildman–Crippen LogP) is 3.78. The summed E-state index contributed by atoms with van der Waals surface area (Å²) in [6.45, 7) is 2.22. The van der Waals surface area contributed by atoms with E-state index in [0.717, 1.165) is 35.3 Å². The molecular weight excluding hydrogens is 424 g/mol. The summed E-state index contributed by atoms with van der Waals surface area (Å²) in [4.78, 5) is 38.0. The lowest BCUT2D eigenvalue weighted by Gasteiger charge is -2.17. The van der Waals surface area contributed by atoms with Gasteiger partial charge in [-0.2, -0.15) is 0 Å². The number of nitrogens with one attached hydrogen (secondary N) is 1. The summed E-state index contributed by atoms with van der Waals surface area (Å²) >= 11 is 0. The third-order valence-electron chi connectivity index (χ3n) is 6.00. The van der Waals surface area contributed by atoms with Crippen molar-refractivity contribution in [3.8, 4) is 11.5 Å². The number of ketones is 1. The van der Waals surface area contributed by atoms with E-state index in [1.807, 2.05) is 24.3 Å². The van der Waals surface area contributed by atoms with Crippen molar-refractivity contribution in [3.05, 3.63) is 53.1 Å². The molecule has 0 saturated carbocycles. The Labute approximate surface area is 191 Å². The van der Waals surface area contributed by atoms with Crippen molar-refractivity contribution < 1.29 is 28.6 Å². The Morgan fingerprint density at radius 2 is 1.94 bits per heavy atom. The number of anilines is 1. The van der Waals surface area contributed by atoms with Crippen LogP contribution in [0.5, 0.6) is 11.5 Å². The molecule has 3 aliphatic rings. The van der Waals surface area contributed by atoms with Gasteiger partial charge in [0.25, 0.3) is 0 Å². The van der Waals surface area contributed by atoms with E-state index < -0.39 is 12.2 Å².